The number of hydrogen-bond acceptors (Lipinski definition) is 5. The Morgan fingerprint density at radius 1 is 1.00 bits per heavy atom. The van der Waals surface area contributed by atoms with E-state index in [0.29, 0.717) is 11.3 Å². The first kappa shape index (κ1) is 30.1. The number of rotatable bonds is 8. The Balaban J connectivity index is 1.76. The molecule has 0 saturated heterocycles. The van der Waals surface area contributed by atoms with E-state index in [1.807, 2.05) is 0 Å². The molecule has 1 aromatic heterocycles. The standard InChI is InChI=1S/C30H30F3N3O4S/c1-30(2,39)26-13-18(9-11-34-26)16-36(21-10-12-41(40)17-21)29(38)27(28(37)35(3)4)22-7-5-19(14-24(22)32)20-6-8-23(31)25(33)15-20/h5-15,21,27,39H,16-17H2,1-4H3. The van der Waals surface area contributed by atoms with Crippen molar-refractivity contribution >= 4 is 22.6 Å². The van der Waals surface area contributed by atoms with Crippen LogP contribution in [0.3, 0.4) is 0 Å². The minimum absolute atomic E-state index is 0.0254. The molecule has 1 aliphatic heterocycles. The van der Waals surface area contributed by atoms with Gasteiger partial charge >= 0.3 is 0 Å². The molecule has 0 spiro atoms. The zero-order valence-corrected chi connectivity index (χ0v) is 23.8. The van der Waals surface area contributed by atoms with Gasteiger partial charge in [0.2, 0.25) is 11.8 Å². The number of pyridine rings is 1. The average Bonchev–Trinajstić information content (AvgIpc) is 3.35. The lowest BCUT2D eigenvalue weighted by Gasteiger charge is -2.32. The third kappa shape index (κ3) is 6.74. The molecule has 216 valence electrons. The number of halogens is 3. The van der Waals surface area contributed by atoms with E-state index in [0.717, 1.165) is 18.2 Å². The predicted molar refractivity (Wildman–Crippen MR) is 149 cm³/mol. The summed E-state index contributed by atoms with van der Waals surface area (Å²) >= 11 is 0. The molecule has 41 heavy (non-hydrogen) atoms. The van der Waals surface area contributed by atoms with Gasteiger partial charge in [-0.25, -0.2) is 13.2 Å². The fraction of sp³-hybridized carbons (Fsp3) is 0.300. The van der Waals surface area contributed by atoms with Crippen LogP contribution in [0.5, 0.6) is 0 Å². The van der Waals surface area contributed by atoms with Crippen molar-refractivity contribution in [3.05, 3.63) is 100 Å². The molecule has 2 aromatic carbocycles. The smallest absolute Gasteiger partial charge is 0.240 e. The molecule has 1 N–H and O–H groups in total. The molecule has 11 heteroatoms. The molecule has 3 atom stereocenters. The third-order valence-electron chi connectivity index (χ3n) is 6.77. The molecule has 2 amide bonds. The Hall–Kier alpha value is -3.83. The lowest BCUT2D eigenvalue weighted by molar-refractivity contribution is -0.143. The van der Waals surface area contributed by atoms with E-state index in [9.17, 15) is 27.7 Å². The summed E-state index contributed by atoms with van der Waals surface area (Å²) in [5, 5.41) is 11.9. The second-order valence-electron chi connectivity index (χ2n) is 10.5. The highest BCUT2D eigenvalue weighted by atomic mass is 32.2. The Bertz CT molecular complexity index is 1540. The van der Waals surface area contributed by atoms with Crippen LogP contribution in [0.2, 0.25) is 0 Å². The van der Waals surface area contributed by atoms with Gasteiger partial charge in [0.05, 0.1) is 17.5 Å². The molecular weight excluding hydrogens is 555 g/mol. The van der Waals surface area contributed by atoms with E-state index >= 15 is 4.39 Å². The van der Waals surface area contributed by atoms with Crippen molar-refractivity contribution in [3.8, 4) is 11.1 Å². The van der Waals surface area contributed by atoms with Crippen LogP contribution in [0.1, 0.15) is 36.6 Å². The zero-order chi connectivity index (χ0) is 30.1. The molecule has 0 bridgehead atoms. The van der Waals surface area contributed by atoms with E-state index in [-0.39, 0.29) is 29.0 Å². The van der Waals surface area contributed by atoms with Gasteiger partial charge in [0.15, 0.2) is 11.6 Å². The first-order chi connectivity index (χ1) is 19.3. The summed E-state index contributed by atoms with van der Waals surface area (Å²) in [6, 6.07) is 9.60. The lowest BCUT2D eigenvalue weighted by Crippen LogP contribution is -2.46. The molecule has 3 unspecified atom stereocenters. The van der Waals surface area contributed by atoms with E-state index in [2.05, 4.69) is 4.98 Å². The number of benzene rings is 2. The Kier molecular flexibility index (Phi) is 8.79. The topological polar surface area (TPSA) is 90.8 Å². The molecule has 0 fully saturated rings. The Labute approximate surface area is 238 Å². The Morgan fingerprint density at radius 2 is 1.66 bits per heavy atom. The zero-order valence-electron chi connectivity index (χ0n) is 23.0. The molecule has 7 nitrogen and oxygen atoms in total. The van der Waals surface area contributed by atoms with Gasteiger partial charge in [-0.3, -0.25) is 18.8 Å². The average molecular weight is 586 g/mol. The lowest BCUT2D eigenvalue weighted by atomic mass is 9.92. The summed E-state index contributed by atoms with van der Waals surface area (Å²) in [5.74, 6) is -5.87. The van der Waals surface area contributed by atoms with Crippen molar-refractivity contribution in [3.63, 3.8) is 0 Å². The molecule has 0 saturated carbocycles. The first-order valence-electron chi connectivity index (χ1n) is 12.8. The summed E-state index contributed by atoms with van der Waals surface area (Å²) in [6.45, 7) is 3.12. The summed E-state index contributed by atoms with van der Waals surface area (Å²) in [5.41, 5.74) is -0.0248. The van der Waals surface area contributed by atoms with Crippen LogP contribution in [0, 0.1) is 17.5 Å². The number of aromatic nitrogens is 1. The van der Waals surface area contributed by atoms with Crippen LogP contribution < -0.4 is 0 Å². The molecule has 0 aliphatic carbocycles. The normalized spacial score (nSPS) is 17.4. The third-order valence-corrected chi connectivity index (χ3v) is 7.90. The summed E-state index contributed by atoms with van der Waals surface area (Å²) < 4.78 is 55.1. The summed E-state index contributed by atoms with van der Waals surface area (Å²) in [4.78, 5) is 34.3. The molecule has 2 heterocycles. The van der Waals surface area contributed by atoms with E-state index in [1.165, 1.54) is 53.7 Å². The van der Waals surface area contributed by atoms with Gasteiger partial charge in [-0.1, -0.05) is 24.3 Å². The quantitative estimate of drug-likeness (QED) is 0.400. The van der Waals surface area contributed by atoms with Gasteiger partial charge in [-0.2, -0.15) is 0 Å². The van der Waals surface area contributed by atoms with Gasteiger partial charge in [-0.15, -0.1) is 0 Å². The van der Waals surface area contributed by atoms with E-state index < -0.39 is 57.6 Å². The second-order valence-corrected chi connectivity index (χ2v) is 11.9. The minimum atomic E-state index is -1.58. The van der Waals surface area contributed by atoms with Crippen molar-refractivity contribution in [1.29, 1.82) is 0 Å². The van der Waals surface area contributed by atoms with Crippen LogP contribution in [0.15, 0.2) is 66.2 Å². The Morgan fingerprint density at radius 3 is 2.22 bits per heavy atom. The molecular formula is C30H30F3N3O4S. The van der Waals surface area contributed by atoms with Crippen LogP contribution in [-0.4, -0.2) is 61.8 Å². The predicted octanol–water partition coefficient (Wildman–Crippen LogP) is 4.24. The molecule has 0 radical (unpaired) electrons. The van der Waals surface area contributed by atoms with Crippen LogP contribution in [0.25, 0.3) is 11.1 Å². The van der Waals surface area contributed by atoms with Gasteiger partial charge in [0, 0.05) is 48.6 Å². The van der Waals surface area contributed by atoms with Crippen LogP contribution in [-0.2, 0) is 32.5 Å². The fourth-order valence-corrected chi connectivity index (χ4v) is 5.62. The number of aliphatic hydroxyl groups is 1. The van der Waals surface area contributed by atoms with Gasteiger partial charge in [0.25, 0.3) is 0 Å². The number of nitrogens with zero attached hydrogens (tertiary/aromatic N) is 3. The maximum Gasteiger partial charge on any atom is 0.240 e. The maximum absolute atomic E-state index is 15.7. The summed E-state index contributed by atoms with van der Waals surface area (Å²) in [6.07, 6.45) is 3.11. The highest BCUT2D eigenvalue weighted by Crippen LogP contribution is 2.31. The number of carbonyl (C=O) groups is 2. The van der Waals surface area contributed by atoms with E-state index in [1.54, 1.807) is 32.1 Å². The monoisotopic (exact) mass is 585 g/mol. The SMILES string of the molecule is CN(C)C(=O)C(C(=O)N(Cc1ccnc(C(C)(C)O)c1)C1C=CS(=O)C1)c1ccc(-c2ccc(F)c(F)c2)cc1F. The first-order valence-corrected chi connectivity index (χ1v) is 14.1. The largest absolute Gasteiger partial charge is 0.384 e. The van der Waals surface area contributed by atoms with Crippen molar-refractivity contribution in [2.24, 2.45) is 0 Å². The highest BCUT2D eigenvalue weighted by molar-refractivity contribution is 7.88. The highest BCUT2D eigenvalue weighted by Gasteiger charge is 2.39. The van der Waals surface area contributed by atoms with Crippen molar-refractivity contribution in [2.75, 3.05) is 19.8 Å². The van der Waals surface area contributed by atoms with Gasteiger partial charge in [-0.05, 0) is 60.9 Å². The molecule has 1 aliphatic rings. The number of likely N-dealkylation sites (N-methyl/N-ethyl adjacent to an activating group) is 1. The number of hydrogen-bond donors (Lipinski definition) is 1. The maximum atomic E-state index is 15.7. The van der Waals surface area contributed by atoms with Crippen LogP contribution in [0.4, 0.5) is 13.2 Å². The van der Waals surface area contributed by atoms with E-state index in [4.69, 9.17) is 0 Å². The van der Waals surface area contributed by atoms with Crippen molar-refractivity contribution < 1.29 is 32.1 Å². The number of amides is 2. The van der Waals surface area contributed by atoms with Crippen molar-refractivity contribution in [1.82, 2.24) is 14.8 Å². The fourth-order valence-electron chi connectivity index (χ4n) is 4.53. The number of carbonyl (C=O) groups excluding carboxylic acids is 2. The van der Waals surface area contributed by atoms with Gasteiger partial charge < -0.3 is 14.9 Å². The molecule has 3 aromatic rings. The minimum Gasteiger partial charge on any atom is -0.384 e. The van der Waals surface area contributed by atoms with Gasteiger partial charge in [0.1, 0.15) is 17.3 Å². The molecule has 4 rings (SSSR count). The van der Waals surface area contributed by atoms with Crippen molar-refractivity contribution in [2.45, 2.75) is 38.0 Å². The second kappa shape index (κ2) is 12.0. The van der Waals surface area contributed by atoms with Crippen LogP contribution >= 0.6 is 0 Å². The summed E-state index contributed by atoms with van der Waals surface area (Å²) in [7, 11) is 1.57.